The second kappa shape index (κ2) is 12.1. The van der Waals surface area contributed by atoms with E-state index in [4.69, 9.17) is 10.5 Å². The largest absolute Gasteiger partial charge is 0.383 e. The summed E-state index contributed by atoms with van der Waals surface area (Å²) in [5.74, 6) is 0.675. The quantitative estimate of drug-likeness (QED) is 0.322. The molecule has 1 unspecified atom stereocenters. The number of carbonyl (C=O) groups is 1. The molecule has 26 heavy (non-hydrogen) atoms. The van der Waals surface area contributed by atoms with Crippen molar-refractivity contribution in [3.8, 4) is 0 Å². The summed E-state index contributed by atoms with van der Waals surface area (Å²) >= 11 is 0. The first kappa shape index (κ1) is 22.7. The maximum absolute atomic E-state index is 12.3. The third-order valence-corrected chi connectivity index (χ3v) is 4.41. The summed E-state index contributed by atoms with van der Waals surface area (Å²) < 4.78 is 5.06. The van der Waals surface area contributed by atoms with E-state index in [0.717, 1.165) is 36.9 Å². The van der Waals surface area contributed by atoms with Gasteiger partial charge in [0.1, 0.15) is 0 Å². The number of methoxy groups -OCH3 is 1. The summed E-state index contributed by atoms with van der Waals surface area (Å²) in [6, 6.07) is 7.88. The molecule has 2 rings (SSSR count). The molecule has 0 saturated heterocycles. The van der Waals surface area contributed by atoms with Crippen LogP contribution < -0.4 is 16.4 Å². The van der Waals surface area contributed by atoms with Crippen molar-refractivity contribution in [3.63, 3.8) is 0 Å². The first-order valence-electron chi connectivity index (χ1n) is 9.03. The van der Waals surface area contributed by atoms with Crippen LogP contribution in [-0.2, 0) is 16.1 Å². The standard InChI is InChI=1S/C19H30N4O2.HI/c1-14(13-25-2)22-19(20)21-12-15-7-6-10-17(11-15)23-18(24)16-8-4-3-5-9-16;/h6-7,10-11,14,16H,3-5,8-9,12-13H2,1-2H3,(H,23,24)(H3,20,21,22);1H. The van der Waals surface area contributed by atoms with Crippen LogP contribution in [0.25, 0.3) is 0 Å². The van der Waals surface area contributed by atoms with E-state index < -0.39 is 0 Å². The number of ether oxygens (including phenoxy) is 1. The average Bonchev–Trinajstić information content (AvgIpc) is 2.61. The highest BCUT2D eigenvalue weighted by molar-refractivity contribution is 14.0. The van der Waals surface area contributed by atoms with Gasteiger partial charge in [0.15, 0.2) is 5.96 Å². The van der Waals surface area contributed by atoms with Gasteiger partial charge in [0.25, 0.3) is 0 Å². The Kier molecular flexibility index (Phi) is 10.6. The molecule has 1 saturated carbocycles. The van der Waals surface area contributed by atoms with Gasteiger partial charge in [-0.15, -0.1) is 24.0 Å². The predicted molar refractivity (Wildman–Crippen MR) is 117 cm³/mol. The normalized spacial score (nSPS) is 16.5. The molecule has 0 radical (unpaired) electrons. The fraction of sp³-hybridized carbons (Fsp3) is 0.579. The van der Waals surface area contributed by atoms with Crippen LogP contribution in [0.3, 0.4) is 0 Å². The first-order chi connectivity index (χ1) is 12.1. The topological polar surface area (TPSA) is 88.7 Å². The maximum Gasteiger partial charge on any atom is 0.227 e. The van der Waals surface area contributed by atoms with Crippen LogP contribution in [-0.4, -0.2) is 31.6 Å². The van der Waals surface area contributed by atoms with E-state index in [1.165, 1.54) is 6.42 Å². The Morgan fingerprint density at radius 1 is 1.35 bits per heavy atom. The molecule has 1 atom stereocenters. The number of hydrogen-bond donors (Lipinski definition) is 3. The van der Waals surface area contributed by atoms with E-state index >= 15 is 0 Å². The van der Waals surface area contributed by atoms with Gasteiger partial charge in [-0.05, 0) is 37.5 Å². The zero-order valence-electron chi connectivity index (χ0n) is 15.7. The van der Waals surface area contributed by atoms with Crippen LogP contribution >= 0.6 is 24.0 Å². The molecule has 146 valence electrons. The van der Waals surface area contributed by atoms with Crippen LogP contribution in [0.1, 0.15) is 44.6 Å². The zero-order chi connectivity index (χ0) is 18.1. The Balaban J connectivity index is 0.00000338. The Labute approximate surface area is 173 Å². The van der Waals surface area contributed by atoms with Crippen LogP contribution in [0.2, 0.25) is 0 Å². The lowest BCUT2D eigenvalue weighted by Gasteiger charge is -2.20. The van der Waals surface area contributed by atoms with Crippen molar-refractivity contribution < 1.29 is 9.53 Å². The summed E-state index contributed by atoms with van der Waals surface area (Å²) in [5.41, 5.74) is 7.71. The molecule has 0 heterocycles. The predicted octanol–water partition coefficient (Wildman–Crippen LogP) is 3.26. The van der Waals surface area contributed by atoms with Gasteiger partial charge >= 0.3 is 0 Å². The highest BCUT2D eigenvalue weighted by Gasteiger charge is 2.20. The van der Waals surface area contributed by atoms with Gasteiger partial charge in [0.05, 0.1) is 13.2 Å². The SMILES string of the molecule is COCC(C)NC(N)=NCc1cccc(NC(=O)C2CCCCC2)c1.I. The lowest BCUT2D eigenvalue weighted by molar-refractivity contribution is -0.120. The van der Waals surface area contributed by atoms with Gasteiger partial charge in [0.2, 0.25) is 5.91 Å². The van der Waals surface area contributed by atoms with Crippen LogP contribution in [0.5, 0.6) is 0 Å². The van der Waals surface area contributed by atoms with Crippen molar-refractivity contribution in [1.29, 1.82) is 0 Å². The molecule has 1 aromatic carbocycles. The van der Waals surface area contributed by atoms with Crippen molar-refractivity contribution in [1.82, 2.24) is 5.32 Å². The van der Waals surface area contributed by atoms with E-state index in [2.05, 4.69) is 15.6 Å². The fourth-order valence-electron chi connectivity index (χ4n) is 3.12. The molecule has 1 aromatic rings. The number of nitrogens with zero attached hydrogens (tertiary/aromatic N) is 1. The molecule has 4 N–H and O–H groups in total. The minimum atomic E-state index is 0. The van der Waals surface area contributed by atoms with E-state index in [9.17, 15) is 4.79 Å². The molecule has 1 aliphatic rings. The molecule has 0 aromatic heterocycles. The number of carbonyl (C=O) groups excluding carboxylic acids is 1. The Hall–Kier alpha value is -1.35. The van der Waals surface area contributed by atoms with Crippen LogP contribution in [0.4, 0.5) is 5.69 Å². The molecule has 0 aliphatic heterocycles. The van der Waals surface area contributed by atoms with Crippen LogP contribution in [0, 0.1) is 5.92 Å². The van der Waals surface area contributed by atoms with Crippen molar-refractivity contribution in [2.24, 2.45) is 16.6 Å². The Bertz CT molecular complexity index is 589. The average molecular weight is 474 g/mol. The van der Waals surface area contributed by atoms with E-state index in [-0.39, 0.29) is 41.8 Å². The number of aliphatic imine (C=N–C) groups is 1. The first-order valence-corrected chi connectivity index (χ1v) is 9.03. The highest BCUT2D eigenvalue weighted by Crippen LogP contribution is 2.25. The second-order valence-electron chi connectivity index (χ2n) is 6.73. The Morgan fingerprint density at radius 2 is 2.08 bits per heavy atom. The lowest BCUT2D eigenvalue weighted by Crippen LogP contribution is -2.40. The molecule has 1 aliphatic carbocycles. The van der Waals surface area contributed by atoms with E-state index in [0.29, 0.717) is 19.1 Å². The minimum absolute atomic E-state index is 0. The number of benzene rings is 1. The number of rotatable bonds is 7. The van der Waals surface area contributed by atoms with E-state index in [1.54, 1.807) is 7.11 Å². The fourth-order valence-corrected chi connectivity index (χ4v) is 3.12. The van der Waals surface area contributed by atoms with Gasteiger partial charge in [-0.25, -0.2) is 4.99 Å². The van der Waals surface area contributed by atoms with E-state index in [1.807, 2.05) is 31.2 Å². The second-order valence-corrected chi connectivity index (χ2v) is 6.73. The maximum atomic E-state index is 12.3. The Morgan fingerprint density at radius 3 is 2.77 bits per heavy atom. The van der Waals surface area contributed by atoms with Gasteiger partial charge in [0, 0.05) is 24.8 Å². The third-order valence-electron chi connectivity index (χ3n) is 4.41. The molecule has 1 fully saturated rings. The van der Waals surface area contributed by atoms with Crippen LogP contribution in [0.15, 0.2) is 29.3 Å². The van der Waals surface area contributed by atoms with Gasteiger partial charge in [-0.2, -0.15) is 0 Å². The molecular formula is C19H31IN4O2. The van der Waals surface area contributed by atoms with Crippen molar-refractivity contribution in [3.05, 3.63) is 29.8 Å². The van der Waals surface area contributed by atoms with Crippen molar-refractivity contribution in [2.75, 3.05) is 19.0 Å². The summed E-state index contributed by atoms with van der Waals surface area (Å²) in [6.07, 6.45) is 5.55. The monoisotopic (exact) mass is 474 g/mol. The summed E-state index contributed by atoms with van der Waals surface area (Å²) in [7, 11) is 1.65. The number of nitrogens with one attached hydrogen (secondary N) is 2. The summed E-state index contributed by atoms with van der Waals surface area (Å²) in [4.78, 5) is 16.7. The molecule has 6 nitrogen and oxygen atoms in total. The summed E-state index contributed by atoms with van der Waals surface area (Å²) in [6.45, 7) is 3.01. The summed E-state index contributed by atoms with van der Waals surface area (Å²) in [5, 5.41) is 6.11. The number of guanidine groups is 1. The molecule has 0 bridgehead atoms. The molecule has 7 heteroatoms. The molecule has 1 amide bonds. The highest BCUT2D eigenvalue weighted by atomic mass is 127. The lowest BCUT2D eigenvalue weighted by atomic mass is 9.88. The zero-order valence-corrected chi connectivity index (χ0v) is 18.0. The molecular weight excluding hydrogens is 443 g/mol. The van der Waals surface area contributed by atoms with Crippen molar-refractivity contribution in [2.45, 2.75) is 51.6 Å². The van der Waals surface area contributed by atoms with Gasteiger partial charge in [-0.3, -0.25) is 4.79 Å². The minimum Gasteiger partial charge on any atom is -0.383 e. The number of nitrogens with two attached hydrogens (primary N) is 1. The third kappa shape index (κ3) is 7.90. The number of amides is 1. The van der Waals surface area contributed by atoms with Gasteiger partial charge in [-0.1, -0.05) is 31.4 Å². The van der Waals surface area contributed by atoms with Gasteiger partial charge < -0.3 is 21.1 Å². The number of anilines is 1. The molecule has 0 spiro atoms. The number of hydrogen-bond acceptors (Lipinski definition) is 3. The number of halogens is 1. The smallest absolute Gasteiger partial charge is 0.227 e. The van der Waals surface area contributed by atoms with Crippen molar-refractivity contribution >= 4 is 41.5 Å².